The molecule has 0 amide bonds. The lowest BCUT2D eigenvalue weighted by molar-refractivity contribution is 1.09. The van der Waals surface area contributed by atoms with Crippen molar-refractivity contribution in [1.29, 1.82) is 0 Å². The van der Waals surface area contributed by atoms with Crippen LogP contribution in [0.3, 0.4) is 0 Å². The van der Waals surface area contributed by atoms with Crippen LogP contribution in [0.5, 0.6) is 0 Å². The molecule has 0 aliphatic carbocycles. The van der Waals surface area contributed by atoms with Gasteiger partial charge in [-0.1, -0.05) is 188 Å². The monoisotopic (exact) mass is 1080 g/mol. The minimum atomic E-state index is 0.680. The standard InChI is InChI=1S/C75H57N9/c1-11-32-58(33-12-1)79(59-34-13-2-14-35-59)72-54-68(55-73(77-72)80(60-36-15-3-16-37-60)61-38-17-4-18-39-61)83(66-48-27-9-28-49-66)70-52-31-53-71(76-70)84(67-50-29-10-30-51-67)69-56-74(81(62-40-19-5-20-41-62)63-42-21-6-22-43-63)78-75(57-69)82(64-44-23-7-24-45-64)65-46-25-8-26-47-65/h1-57H. The summed E-state index contributed by atoms with van der Waals surface area (Å²) in [5.74, 6) is 4.19. The fraction of sp³-hybridized carbons (Fsp3) is 0. The van der Waals surface area contributed by atoms with E-state index in [0.29, 0.717) is 34.9 Å². The Bertz CT molecular complexity index is 3560. The first-order valence-electron chi connectivity index (χ1n) is 28.0. The van der Waals surface area contributed by atoms with Gasteiger partial charge in [-0.15, -0.1) is 0 Å². The first-order chi connectivity index (χ1) is 41.7. The molecule has 9 nitrogen and oxygen atoms in total. The Hall–Kier alpha value is -11.6. The van der Waals surface area contributed by atoms with Gasteiger partial charge in [0, 0.05) is 81.1 Å². The second-order valence-electron chi connectivity index (χ2n) is 19.8. The Morgan fingerprint density at radius 1 is 0.131 bits per heavy atom. The molecule has 0 N–H and O–H groups in total. The first kappa shape index (κ1) is 51.9. The smallest absolute Gasteiger partial charge is 0.142 e. The number of hydrogen-bond acceptors (Lipinski definition) is 9. The predicted molar refractivity (Wildman–Crippen MR) is 348 cm³/mol. The highest BCUT2D eigenvalue weighted by Crippen LogP contribution is 2.47. The molecule has 0 unspecified atom stereocenters. The van der Waals surface area contributed by atoms with Crippen LogP contribution < -0.4 is 29.4 Å². The highest BCUT2D eigenvalue weighted by atomic mass is 15.3. The number of nitrogens with zero attached hydrogens (tertiary/aromatic N) is 9. The molecule has 0 radical (unpaired) electrons. The van der Waals surface area contributed by atoms with Crippen molar-refractivity contribution in [2.75, 3.05) is 29.4 Å². The van der Waals surface area contributed by atoms with Crippen LogP contribution in [0.15, 0.2) is 346 Å². The Morgan fingerprint density at radius 2 is 0.274 bits per heavy atom. The molecule has 0 bridgehead atoms. The third kappa shape index (κ3) is 11.2. The molecule has 9 heteroatoms. The number of hydrogen-bond donors (Lipinski definition) is 0. The maximum atomic E-state index is 5.80. The lowest BCUT2D eigenvalue weighted by atomic mass is 10.1. The fourth-order valence-electron chi connectivity index (χ4n) is 10.6. The minimum absolute atomic E-state index is 0.680. The molecule has 13 rings (SSSR count). The lowest BCUT2D eigenvalue weighted by Crippen LogP contribution is -2.20. The van der Waals surface area contributed by atoms with Crippen molar-refractivity contribution >= 4 is 103 Å². The van der Waals surface area contributed by atoms with E-state index in [0.717, 1.165) is 68.2 Å². The summed E-state index contributed by atoms with van der Waals surface area (Å²) < 4.78 is 0. The molecule has 402 valence electrons. The summed E-state index contributed by atoms with van der Waals surface area (Å²) in [7, 11) is 0. The third-order valence-electron chi connectivity index (χ3n) is 14.3. The molecule has 0 saturated carbocycles. The van der Waals surface area contributed by atoms with Gasteiger partial charge in [-0.25, -0.2) is 15.0 Å². The molecular formula is C75H57N9. The van der Waals surface area contributed by atoms with Crippen LogP contribution in [0.25, 0.3) is 0 Å². The van der Waals surface area contributed by atoms with Crippen LogP contribution in [0.2, 0.25) is 0 Å². The lowest BCUT2D eigenvalue weighted by Gasteiger charge is -2.33. The zero-order valence-corrected chi connectivity index (χ0v) is 45.9. The summed E-state index contributed by atoms with van der Waals surface area (Å²) >= 11 is 0. The normalized spacial score (nSPS) is 10.9. The summed E-state index contributed by atoms with van der Waals surface area (Å²) in [4.78, 5) is 30.4. The molecule has 0 atom stereocenters. The van der Waals surface area contributed by atoms with Gasteiger partial charge in [0.2, 0.25) is 0 Å². The van der Waals surface area contributed by atoms with E-state index in [9.17, 15) is 0 Å². The highest BCUT2D eigenvalue weighted by Gasteiger charge is 2.27. The van der Waals surface area contributed by atoms with Gasteiger partial charge in [-0.05, 0) is 133 Å². The maximum Gasteiger partial charge on any atom is 0.142 e. The maximum absolute atomic E-state index is 5.80. The summed E-state index contributed by atoms with van der Waals surface area (Å²) in [6, 6.07) is 119. The number of rotatable bonds is 18. The van der Waals surface area contributed by atoms with Gasteiger partial charge in [0.15, 0.2) is 0 Å². The van der Waals surface area contributed by atoms with Crippen LogP contribution in [-0.2, 0) is 0 Å². The number of para-hydroxylation sites is 10. The van der Waals surface area contributed by atoms with Crippen molar-refractivity contribution in [3.8, 4) is 0 Å². The quantitative estimate of drug-likeness (QED) is 0.0836. The van der Waals surface area contributed by atoms with E-state index in [2.05, 4.69) is 315 Å². The largest absolute Gasteiger partial charge is 0.295 e. The van der Waals surface area contributed by atoms with Crippen LogP contribution in [-0.4, -0.2) is 15.0 Å². The number of anilines is 18. The number of pyridine rings is 3. The Kier molecular flexibility index (Phi) is 15.1. The van der Waals surface area contributed by atoms with E-state index in [-0.39, 0.29) is 0 Å². The van der Waals surface area contributed by atoms with Crippen molar-refractivity contribution in [3.63, 3.8) is 0 Å². The van der Waals surface area contributed by atoms with E-state index >= 15 is 0 Å². The van der Waals surface area contributed by atoms with Gasteiger partial charge in [-0.3, -0.25) is 29.4 Å². The van der Waals surface area contributed by atoms with Crippen LogP contribution in [0, 0.1) is 0 Å². The molecule has 0 aliphatic heterocycles. The molecule has 0 aliphatic rings. The molecule has 0 saturated heterocycles. The van der Waals surface area contributed by atoms with E-state index in [1.807, 2.05) is 60.7 Å². The van der Waals surface area contributed by atoms with Crippen molar-refractivity contribution in [2.24, 2.45) is 0 Å². The molecule has 13 aromatic rings. The van der Waals surface area contributed by atoms with E-state index in [4.69, 9.17) is 15.0 Å². The Morgan fingerprint density at radius 3 is 0.440 bits per heavy atom. The van der Waals surface area contributed by atoms with Gasteiger partial charge in [-0.2, -0.15) is 0 Å². The second kappa shape index (κ2) is 24.4. The molecule has 3 aromatic heterocycles. The van der Waals surface area contributed by atoms with Crippen LogP contribution in [0.4, 0.5) is 103 Å². The molecule has 0 fully saturated rings. The molecule has 84 heavy (non-hydrogen) atoms. The van der Waals surface area contributed by atoms with Gasteiger partial charge in [0.1, 0.15) is 34.9 Å². The molecule has 0 spiro atoms. The molecule has 3 heterocycles. The third-order valence-corrected chi connectivity index (χ3v) is 14.3. The Balaban J connectivity index is 1.05. The van der Waals surface area contributed by atoms with E-state index in [1.54, 1.807) is 0 Å². The van der Waals surface area contributed by atoms with Crippen LogP contribution in [0.1, 0.15) is 0 Å². The van der Waals surface area contributed by atoms with Crippen molar-refractivity contribution in [1.82, 2.24) is 15.0 Å². The average Bonchev–Trinajstić information content (AvgIpc) is 3.72. The fourth-order valence-corrected chi connectivity index (χ4v) is 10.6. The topological polar surface area (TPSA) is 58.1 Å². The zero-order chi connectivity index (χ0) is 56.3. The minimum Gasteiger partial charge on any atom is -0.295 e. The average molecular weight is 1080 g/mol. The molecular weight excluding hydrogens is 1030 g/mol. The highest BCUT2D eigenvalue weighted by molar-refractivity contribution is 5.89. The summed E-state index contributed by atoms with van der Waals surface area (Å²) in [6.45, 7) is 0. The van der Waals surface area contributed by atoms with E-state index in [1.165, 1.54) is 0 Å². The van der Waals surface area contributed by atoms with Gasteiger partial charge < -0.3 is 0 Å². The van der Waals surface area contributed by atoms with Gasteiger partial charge >= 0.3 is 0 Å². The van der Waals surface area contributed by atoms with Crippen molar-refractivity contribution in [3.05, 3.63) is 346 Å². The predicted octanol–water partition coefficient (Wildman–Crippen LogP) is 20.7. The number of aromatic nitrogens is 3. The molecule has 10 aromatic carbocycles. The zero-order valence-electron chi connectivity index (χ0n) is 45.9. The summed E-state index contributed by atoms with van der Waals surface area (Å²) in [5.41, 5.74) is 11.2. The van der Waals surface area contributed by atoms with Gasteiger partial charge in [0.05, 0.1) is 11.4 Å². The van der Waals surface area contributed by atoms with E-state index < -0.39 is 0 Å². The Labute approximate surface area is 490 Å². The second-order valence-corrected chi connectivity index (χ2v) is 19.8. The number of benzene rings is 10. The summed E-state index contributed by atoms with van der Waals surface area (Å²) in [6.07, 6.45) is 0. The SMILES string of the molecule is c1ccc(N(c2cc(N(c3ccccc3)c3ccccc3)nc(N(c3ccccc3)c3ccccc3)c2)c2cccc(N(c3ccccc3)c3cc(N(c4ccccc4)c4ccccc4)nc(N(c4ccccc4)c4ccccc4)c3)n2)cc1. The first-order valence-corrected chi connectivity index (χ1v) is 28.0. The summed E-state index contributed by atoms with van der Waals surface area (Å²) in [5, 5.41) is 0. The van der Waals surface area contributed by atoms with Gasteiger partial charge in [0.25, 0.3) is 0 Å². The van der Waals surface area contributed by atoms with Crippen LogP contribution >= 0.6 is 0 Å². The van der Waals surface area contributed by atoms with Crippen molar-refractivity contribution < 1.29 is 0 Å². The van der Waals surface area contributed by atoms with Crippen molar-refractivity contribution in [2.45, 2.75) is 0 Å².